The maximum absolute atomic E-state index is 12.7. The van der Waals surface area contributed by atoms with Gasteiger partial charge in [-0.15, -0.1) is 0 Å². The third-order valence-electron chi connectivity index (χ3n) is 3.15. The van der Waals surface area contributed by atoms with Gasteiger partial charge < -0.3 is 4.74 Å². The third-order valence-corrected chi connectivity index (χ3v) is 3.15. The van der Waals surface area contributed by atoms with Gasteiger partial charge in [0.15, 0.2) is 5.78 Å². The Labute approximate surface area is 119 Å². The zero-order valence-electron chi connectivity index (χ0n) is 11.5. The molecule has 0 aromatic heterocycles. The minimum atomic E-state index is -4.97. The van der Waals surface area contributed by atoms with Crippen LogP contribution in [0.4, 0.5) is 18.9 Å². The maximum Gasteiger partial charge on any atom is 0.471 e. The van der Waals surface area contributed by atoms with Gasteiger partial charge in [-0.05, 0) is 25.1 Å². The number of ether oxygens (including phenoxy) is 1. The van der Waals surface area contributed by atoms with Crippen molar-refractivity contribution in [3.05, 3.63) is 23.8 Å². The Balaban J connectivity index is 2.47. The molecule has 114 valence electrons. The molecule has 7 heteroatoms. The number of carbonyl (C=O) groups excluding carboxylic acids is 2. The van der Waals surface area contributed by atoms with Gasteiger partial charge in [-0.3, -0.25) is 14.5 Å². The van der Waals surface area contributed by atoms with Crippen LogP contribution in [0, 0.1) is 0 Å². The highest BCUT2D eigenvalue weighted by Crippen LogP contribution is 2.36. The summed E-state index contributed by atoms with van der Waals surface area (Å²) in [6.07, 6.45) is -5.31. The Morgan fingerprint density at radius 2 is 2.05 bits per heavy atom. The first-order valence-corrected chi connectivity index (χ1v) is 6.46. The number of alkyl halides is 3. The van der Waals surface area contributed by atoms with Crippen molar-refractivity contribution in [2.45, 2.75) is 32.5 Å². The van der Waals surface area contributed by atoms with Crippen molar-refractivity contribution >= 4 is 17.4 Å². The van der Waals surface area contributed by atoms with Gasteiger partial charge in [-0.2, -0.15) is 13.2 Å². The molecule has 21 heavy (non-hydrogen) atoms. The Morgan fingerprint density at radius 1 is 1.38 bits per heavy atom. The van der Waals surface area contributed by atoms with E-state index in [4.69, 9.17) is 4.74 Å². The van der Waals surface area contributed by atoms with E-state index in [0.717, 1.165) is 0 Å². The first-order valence-electron chi connectivity index (χ1n) is 6.46. The highest BCUT2D eigenvalue weighted by Gasteiger charge is 2.45. The number of halogens is 3. The van der Waals surface area contributed by atoms with Crippen LogP contribution in [0.1, 0.15) is 30.6 Å². The molecule has 0 bridgehead atoms. The third kappa shape index (κ3) is 3.01. The molecular weight excluding hydrogens is 287 g/mol. The Bertz CT molecular complexity index is 583. The molecule has 0 saturated carbocycles. The summed E-state index contributed by atoms with van der Waals surface area (Å²) >= 11 is 0. The Hall–Kier alpha value is -2.05. The minimum absolute atomic E-state index is 0.0188. The SMILES string of the molecule is CCC(=O)c1ccc2c(c1)N(C(=O)C(F)(F)F)CC(C)O2. The molecule has 0 fully saturated rings. The van der Waals surface area contributed by atoms with E-state index in [1.165, 1.54) is 18.2 Å². The van der Waals surface area contributed by atoms with E-state index in [9.17, 15) is 22.8 Å². The van der Waals surface area contributed by atoms with E-state index in [-0.39, 0.29) is 35.7 Å². The summed E-state index contributed by atoms with van der Waals surface area (Å²) in [7, 11) is 0. The minimum Gasteiger partial charge on any atom is -0.487 e. The van der Waals surface area contributed by atoms with Gasteiger partial charge in [0.1, 0.15) is 11.9 Å². The number of Topliss-reactive ketones (excluding diaryl/α,β-unsaturated/α-hetero) is 1. The largest absolute Gasteiger partial charge is 0.487 e. The lowest BCUT2D eigenvalue weighted by atomic mass is 10.1. The van der Waals surface area contributed by atoms with Crippen molar-refractivity contribution in [3.8, 4) is 5.75 Å². The smallest absolute Gasteiger partial charge is 0.471 e. The highest BCUT2D eigenvalue weighted by atomic mass is 19.4. The lowest BCUT2D eigenvalue weighted by Gasteiger charge is -2.34. The lowest BCUT2D eigenvalue weighted by Crippen LogP contribution is -2.48. The average Bonchev–Trinajstić information content (AvgIpc) is 2.43. The second-order valence-corrected chi connectivity index (χ2v) is 4.80. The highest BCUT2D eigenvalue weighted by molar-refractivity contribution is 6.02. The summed E-state index contributed by atoms with van der Waals surface area (Å²) in [6.45, 7) is 3.01. The van der Waals surface area contributed by atoms with Crippen molar-refractivity contribution in [1.29, 1.82) is 0 Å². The molecule has 1 aliphatic heterocycles. The normalized spacial score (nSPS) is 18.0. The summed E-state index contributed by atoms with van der Waals surface area (Å²) in [5.74, 6) is -2.00. The molecule has 2 rings (SSSR count). The number of benzene rings is 1. The lowest BCUT2D eigenvalue weighted by molar-refractivity contribution is -0.170. The predicted octanol–water partition coefficient (Wildman–Crippen LogP) is 2.96. The van der Waals surface area contributed by atoms with Crippen LogP contribution in [0.15, 0.2) is 18.2 Å². The zero-order valence-corrected chi connectivity index (χ0v) is 11.5. The van der Waals surface area contributed by atoms with Crippen molar-refractivity contribution in [3.63, 3.8) is 0 Å². The molecule has 4 nitrogen and oxygen atoms in total. The molecular formula is C14H14F3NO3. The van der Waals surface area contributed by atoms with E-state index in [0.29, 0.717) is 4.90 Å². The number of fused-ring (bicyclic) bond motifs is 1. The zero-order chi connectivity index (χ0) is 15.8. The quantitative estimate of drug-likeness (QED) is 0.789. The van der Waals surface area contributed by atoms with Crippen molar-refractivity contribution in [1.82, 2.24) is 0 Å². The fraction of sp³-hybridized carbons (Fsp3) is 0.429. The van der Waals surface area contributed by atoms with E-state index in [1.807, 2.05) is 0 Å². The Kier molecular flexibility index (Phi) is 3.93. The van der Waals surface area contributed by atoms with Crippen molar-refractivity contribution in [2.75, 3.05) is 11.4 Å². The van der Waals surface area contributed by atoms with Gasteiger partial charge in [0.05, 0.1) is 12.2 Å². The molecule has 1 aromatic rings. The number of ketones is 1. The van der Waals surface area contributed by atoms with Crippen LogP contribution < -0.4 is 9.64 Å². The summed E-state index contributed by atoms with van der Waals surface area (Å²) in [6, 6.07) is 4.18. The summed E-state index contributed by atoms with van der Waals surface area (Å²) in [5, 5.41) is 0. The molecule has 0 aliphatic carbocycles. The second kappa shape index (κ2) is 5.38. The number of amides is 1. The van der Waals surface area contributed by atoms with Gasteiger partial charge >= 0.3 is 12.1 Å². The van der Waals surface area contributed by atoms with Crippen LogP contribution >= 0.6 is 0 Å². The van der Waals surface area contributed by atoms with Gasteiger partial charge in [0, 0.05) is 12.0 Å². The summed E-state index contributed by atoms with van der Waals surface area (Å²) < 4.78 is 43.5. The molecule has 1 aromatic carbocycles. The van der Waals surface area contributed by atoms with Crippen LogP contribution in [-0.2, 0) is 4.79 Å². The monoisotopic (exact) mass is 301 g/mol. The fourth-order valence-corrected chi connectivity index (χ4v) is 2.16. The van der Waals surface area contributed by atoms with Crippen LogP contribution in [0.3, 0.4) is 0 Å². The molecule has 0 radical (unpaired) electrons. The van der Waals surface area contributed by atoms with Crippen LogP contribution in [-0.4, -0.2) is 30.5 Å². The molecule has 1 atom stereocenters. The predicted molar refractivity (Wildman–Crippen MR) is 69.6 cm³/mol. The molecule has 1 heterocycles. The average molecular weight is 301 g/mol. The molecule has 0 saturated heterocycles. The van der Waals surface area contributed by atoms with Crippen LogP contribution in [0.5, 0.6) is 5.75 Å². The van der Waals surface area contributed by atoms with E-state index >= 15 is 0 Å². The first-order chi connectivity index (χ1) is 9.74. The number of hydrogen-bond donors (Lipinski definition) is 0. The first kappa shape index (κ1) is 15.3. The van der Waals surface area contributed by atoms with Gasteiger partial charge in [-0.1, -0.05) is 6.92 Å². The van der Waals surface area contributed by atoms with Gasteiger partial charge in [0.2, 0.25) is 0 Å². The van der Waals surface area contributed by atoms with Gasteiger partial charge in [0.25, 0.3) is 0 Å². The summed E-state index contributed by atoms with van der Waals surface area (Å²) in [5.41, 5.74) is 0.240. The molecule has 0 N–H and O–H groups in total. The van der Waals surface area contributed by atoms with Crippen molar-refractivity contribution in [2.24, 2.45) is 0 Å². The summed E-state index contributed by atoms with van der Waals surface area (Å²) in [4.78, 5) is 23.8. The van der Waals surface area contributed by atoms with Crippen LogP contribution in [0.25, 0.3) is 0 Å². The molecule has 0 spiro atoms. The number of carbonyl (C=O) groups is 2. The number of nitrogens with zero attached hydrogens (tertiary/aromatic N) is 1. The Morgan fingerprint density at radius 3 is 2.62 bits per heavy atom. The maximum atomic E-state index is 12.7. The standard InChI is InChI=1S/C14H14F3NO3/c1-3-11(19)9-4-5-12-10(6-9)18(7-8(2)21-12)13(20)14(15,16)17/h4-6,8H,3,7H2,1-2H3. The number of anilines is 1. The number of hydrogen-bond acceptors (Lipinski definition) is 3. The topological polar surface area (TPSA) is 46.6 Å². The molecule has 1 aliphatic rings. The van der Waals surface area contributed by atoms with E-state index in [1.54, 1.807) is 13.8 Å². The molecule has 1 unspecified atom stereocenters. The van der Waals surface area contributed by atoms with Crippen molar-refractivity contribution < 1.29 is 27.5 Å². The second-order valence-electron chi connectivity index (χ2n) is 4.80. The molecule has 1 amide bonds. The fourth-order valence-electron chi connectivity index (χ4n) is 2.16. The number of rotatable bonds is 2. The van der Waals surface area contributed by atoms with E-state index < -0.39 is 18.2 Å². The van der Waals surface area contributed by atoms with E-state index in [2.05, 4.69) is 0 Å². The van der Waals surface area contributed by atoms with Gasteiger partial charge in [-0.25, -0.2) is 0 Å². The van der Waals surface area contributed by atoms with Crippen LogP contribution in [0.2, 0.25) is 0 Å².